The van der Waals surface area contributed by atoms with E-state index >= 15 is 0 Å². The molecule has 0 bridgehead atoms. The zero-order valence-electron chi connectivity index (χ0n) is 50.5. The van der Waals surface area contributed by atoms with E-state index in [2.05, 4.69) is 121 Å². The zero-order chi connectivity index (χ0) is 65.6. The van der Waals surface area contributed by atoms with E-state index in [0.29, 0.717) is 90.2 Å². The van der Waals surface area contributed by atoms with Gasteiger partial charge in [-0.25, -0.2) is 29.5 Å². The number of aromatic nitrogens is 5. The second kappa shape index (κ2) is 23.8. The summed E-state index contributed by atoms with van der Waals surface area (Å²) in [5, 5.41) is 53.7. The largest absolute Gasteiger partial charge is 0.309 e. The molecule has 3 aromatic heterocycles. The molecule has 438 valence electrons. The van der Waals surface area contributed by atoms with Crippen LogP contribution in [0.5, 0.6) is 0 Å². The van der Waals surface area contributed by atoms with Gasteiger partial charge in [-0.1, -0.05) is 140 Å². The van der Waals surface area contributed by atoms with Gasteiger partial charge in [0, 0.05) is 60.5 Å². The third kappa shape index (κ3) is 9.89. The molecule has 0 amide bonds. The van der Waals surface area contributed by atoms with E-state index in [0.717, 1.165) is 99.5 Å². The number of fused-ring (bicyclic) bond motifs is 6. The minimum atomic E-state index is 0.332. The molecule has 0 aliphatic rings. The fraction of sp³-hybridized carbons (Fsp3) is 0. The van der Waals surface area contributed by atoms with Crippen molar-refractivity contribution in [1.82, 2.24) is 24.1 Å². The third-order valence-electron chi connectivity index (χ3n) is 17.4. The summed E-state index contributed by atoms with van der Waals surface area (Å²) in [5.41, 5.74) is 17.3. The van der Waals surface area contributed by atoms with Crippen molar-refractivity contribution in [3.63, 3.8) is 0 Å². The Kier molecular flexibility index (Phi) is 14.3. The average Bonchev–Trinajstić information content (AvgIpc) is 1.57. The highest BCUT2D eigenvalue weighted by Gasteiger charge is 2.25. The Labute approximate surface area is 550 Å². The van der Waals surface area contributed by atoms with E-state index in [1.54, 1.807) is 66.7 Å². The fourth-order valence-electron chi connectivity index (χ4n) is 12.9. The number of hydrogen-bond donors (Lipinski definition) is 0. The highest BCUT2D eigenvalue weighted by Crippen LogP contribution is 2.46. The Morgan fingerprint density at radius 2 is 0.667 bits per heavy atom. The van der Waals surface area contributed by atoms with Crippen molar-refractivity contribution in [1.29, 1.82) is 26.3 Å². The van der Waals surface area contributed by atoms with Crippen LogP contribution >= 0.6 is 0 Å². The standard InChI is InChI=1S/C83H41N13/c1-89-62-26-30-64(61(39-62)49-88)56-22-32-78-69(41-56)71-43-58(66-29-20-52(47-86)38-74(66)91-3)24-34-79(71)96(78)80-35-25-59(44-72(80)83-93-81(53-12-6-4-7-13-53)92-82(94-83)54-14-8-5-9-15-54)67-16-10-11-17-75(67)95-76-31-21-55(63-27-18-50(45-84)36-60(63)48-87)40-68(76)70-42-57(23-33-77(70)95)65-28-19-51(46-85)37-73(65)90-2/h4-44H. The third-order valence-corrected chi connectivity index (χ3v) is 17.4. The molecule has 0 saturated carbocycles. The molecule has 15 rings (SSSR count). The van der Waals surface area contributed by atoms with Crippen LogP contribution in [-0.4, -0.2) is 24.1 Å². The van der Waals surface area contributed by atoms with Gasteiger partial charge in [0.1, 0.15) is 0 Å². The van der Waals surface area contributed by atoms with Crippen molar-refractivity contribution in [2.45, 2.75) is 0 Å². The molecule has 12 aromatic carbocycles. The minimum absolute atomic E-state index is 0.332. The zero-order valence-corrected chi connectivity index (χ0v) is 50.5. The number of rotatable bonds is 10. The van der Waals surface area contributed by atoms with E-state index in [-0.39, 0.29) is 0 Å². The molecular formula is C83H41N13. The smallest absolute Gasteiger partial charge is 0.196 e. The molecule has 0 unspecified atom stereocenters. The number of hydrogen-bond acceptors (Lipinski definition) is 8. The second-order valence-electron chi connectivity index (χ2n) is 22.7. The minimum Gasteiger partial charge on any atom is -0.309 e. The van der Waals surface area contributed by atoms with Crippen molar-refractivity contribution in [3.8, 4) is 132 Å². The summed E-state index contributed by atoms with van der Waals surface area (Å²) >= 11 is 0. The first-order valence-electron chi connectivity index (χ1n) is 30.2. The van der Waals surface area contributed by atoms with Gasteiger partial charge < -0.3 is 9.13 Å². The van der Waals surface area contributed by atoms with Crippen LogP contribution in [0.1, 0.15) is 27.8 Å². The molecule has 0 fully saturated rings. The van der Waals surface area contributed by atoms with Crippen molar-refractivity contribution < 1.29 is 0 Å². The van der Waals surface area contributed by atoms with E-state index in [1.807, 2.05) is 115 Å². The number of nitrogens with zero attached hydrogens (tertiary/aromatic N) is 13. The molecule has 0 aliphatic heterocycles. The first-order chi connectivity index (χ1) is 47.2. The Morgan fingerprint density at radius 1 is 0.281 bits per heavy atom. The molecule has 0 saturated heterocycles. The van der Waals surface area contributed by atoms with Crippen LogP contribution in [0.2, 0.25) is 0 Å². The number of nitriles is 5. The van der Waals surface area contributed by atoms with Gasteiger partial charge in [-0.15, -0.1) is 0 Å². The van der Waals surface area contributed by atoms with Gasteiger partial charge >= 0.3 is 0 Å². The monoisotopic (exact) mass is 1220 g/mol. The number of para-hydroxylation sites is 1. The Hall–Kier alpha value is -14.8. The second-order valence-corrected chi connectivity index (χ2v) is 22.7. The van der Waals surface area contributed by atoms with Gasteiger partial charge in [0.25, 0.3) is 0 Å². The molecule has 0 atom stereocenters. The summed E-state index contributed by atoms with van der Waals surface area (Å²) in [6.45, 7) is 24.1. The lowest BCUT2D eigenvalue weighted by Crippen LogP contribution is -2.04. The molecular weight excluding hydrogens is 1180 g/mol. The summed E-state index contributed by atoms with van der Waals surface area (Å²) in [6.07, 6.45) is 0. The van der Waals surface area contributed by atoms with Crippen LogP contribution in [0.4, 0.5) is 17.1 Å². The summed E-state index contributed by atoms with van der Waals surface area (Å²) < 4.78 is 4.42. The highest BCUT2D eigenvalue weighted by atomic mass is 15.1. The van der Waals surface area contributed by atoms with Crippen molar-refractivity contribution >= 4 is 60.7 Å². The van der Waals surface area contributed by atoms with Gasteiger partial charge in [-0.2, -0.15) is 26.3 Å². The summed E-state index contributed by atoms with van der Waals surface area (Å²) in [6, 6.07) is 90.1. The normalized spacial score (nSPS) is 10.8. The van der Waals surface area contributed by atoms with Gasteiger partial charge in [-0.05, 0) is 159 Å². The SMILES string of the molecule is [C-]#[N+]c1ccc(-c2ccc3c(c2)c2cc(-c4ccc(C#N)cc4[N+]#[C-])ccc2n3-c2ccc(-c3ccccc3-n3c4ccc(-c5ccc(C#N)cc5C#N)cc4c4cc(-c5ccc(C#N)cc5[N+]#[C-])ccc43)cc2-c2nc(-c3ccccc3)nc(-c3ccccc3)n2)c(C#N)c1. The highest BCUT2D eigenvalue weighted by molar-refractivity contribution is 6.14. The maximum Gasteiger partial charge on any atom is 0.196 e. The van der Waals surface area contributed by atoms with Crippen LogP contribution in [0.15, 0.2) is 249 Å². The molecule has 13 heteroatoms. The fourth-order valence-corrected chi connectivity index (χ4v) is 12.9. The van der Waals surface area contributed by atoms with Gasteiger partial charge in [0.15, 0.2) is 34.5 Å². The van der Waals surface area contributed by atoms with Crippen LogP contribution < -0.4 is 0 Å². The van der Waals surface area contributed by atoms with E-state index in [4.69, 9.17) is 34.7 Å². The molecule has 13 nitrogen and oxygen atoms in total. The van der Waals surface area contributed by atoms with Crippen molar-refractivity contribution in [2.75, 3.05) is 0 Å². The molecule has 0 N–H and O–H groups in total. The van der Waals surface area contributed by atoms with Crippen molar-refractivity contribution in [3.05, 3.63) is 311 Å². The Morgan fingerprint density at radius 3 is 1.12 bits per heavy atom. The molecule has 0 radical (unpaired) electrons. The molecule has 0 aliphatic carbocycles. The van der Waals surface area contributed by atoms with E-state index in [9.17, 15) is 26.3 Å². The van der Waals surface area contributed by atoms with Crippen LogP contribution in [-0.2, 0) is 0 Å². The van der Waals surface area contributed by atoms with Gasteiger partial charge in [-0.3, -0.25) is 0 Å². The first-order valence-corrected chi connectivity index (χ1v) is 30.2. The van der Waals surface area contributed by atoms with Crippen molar-refractivity contribution in [2.24, 2.45) is 0 Å². The molecule has 96 heavy (non-hydrogen) atoms. The van der Waals surface area contributed by atoms with Crippen LogP contribution in [0.25, 0.3) is 159 Å². The van der Waals surface area contributed by atoms with E-state index in [1.165, 1.54) is 0 Å². The molecule has 15 aromatic rings. The molecule has 3 heterocycles. The lowest BCUT2D eigenvalue weighted by Gasteiger charge is -2.18. The average molecular weight is 1220 g/mol. The maximum atomic E-state index is 10.5. The quantitative estimate of drug-likeness (QED) is 0.121. The molecule has 0 spiro atoms. The first kappa shape index (κ1) is 57.6. The summed E-state index contributed by atoms with van der Waals surface area (Å²) in [4.78, 5) is 27.2. The Balaban J connectivity index is 1.00. The maximum absolute atomic E-state index is 10.5. The number of benzene rings is 12. The van der Waals surface area contributed by atoms with Crippen LogP contribution in [0, 0.1) is 76.4 Å². The summed E-state index contributed by atoms with van der Waals surface area (Å²) in [5.74, 6) is 1.30. The topological polar surface area (TPSA) is 181 Å². The van der Waals surface area contributed by atoms with E-state index < -0.39 is 0 Å². The van der Waals surface area contributed by atoms with Gasteiger partial charge in [0.2, 0.25) is 0 Å². The lowest BCUT2D eigenvalue weighted by molar-refractivity contribution is 1.06. The predicted octanol–water partition coefficient (Wildman–Crippen LogP) is 20.4. The van der Waals surface area contributed by atoms with Crippen LogP contribution in [0.3, 0.4) is 0 Å². The summed E-state index contributed by atoms with van der Waals surface area (Å²) in [7, 11) is 0. The lowest BCUT2D eigenvalue weighted by atomic mass is 9.96. The predicted molar refractivity (Wildman–Crippen MR) is 374 cm³/mol. The van der Waals surface area contributed by atoms with Gasteiger partial charge in [0.05, 0.1) is 94.6 Å². The Bertz CT molecular complexity index is 5870.